The van der Waals surface area contributed by atoms with E-state index in [1.165, 1.54) is 34.8 Å². The average Bonchev–Trinajstić information content (AvgIpc) is 3.35. The fraction of sp³-hybridized carbons (Fsp3) is 0.879. The number of hydrogen-bond donors (Lipinski definition) is 0. The van der Waals surface area contributed by atoms with Crippen LogP contribution in [-0.2, 0) is 57.1 Å². The summed E-state index contributed by atoms with van der Waals surface area (Å²) in [4.78, 5) is 54.1. The van der Waals surface area contributed by atoms with Crippen molar-refractivity contribution < 1.29 is 57.1 Å². The molecular weight excluding hydrogens is 602 g/mol. The Morgan fingerprint density at radius 3 is 1.89 bits per heavy atom. The highest BCUT2D eigenvalue weighted by Gasteiger charge is 2.91. The van der Waals surface area contributed by atoms with Gasteiger partial charge in [-0.25, -0.2) is 0 Å². The van der Waals surface area contributed by atoms with Gasteiger partial charge in [-0.1, -0.05) is 6.92 Å². The molecule has 6 aliphatic rings. The van der Waals surface area contributed by atoms with E-state index >= 15 is 0 Å². The highest BCUT2D eigenvalue weighted by atomic mass is 16.6. The van der Waals surface area contributed by atoms with E-state index in [1.807, 2.05) is 0 Å². The quantitative estimate of drug-likeness (QED) is 0.249. The van der Waals surface area contributed by atoms with E-state index in [0.29, 0.717) is 19.5 Å². The van der Waals surface area contributed by atoms with Crippen LogP contribution in [0.25, 0.3) is 0 Å². The standard InChI is InChI=1S/C33H49NO12/c1-10-34-14-30(15-39-6)21(43-16(2)35)11-22(40-7)33-20-12-31(45-18(4)37)23(41-8)13-32(46-19(5)38,24(20)29(31)44-17(3)36)25(28(33)34)26(42-9)27(30)33/h20-29H,10-15H2,1-9H3. The summed E-state index contributed by atoms with van der Waals surface area (Å²) in [5, 5.41) is 0. The highest BCUT2D eigenvalue weighted by Crippen LogP contribution is 2.81. The summed E-state index contributed by atoms with van der Waals surface area (Å²) in [5.41, 5.74) is -3.98. The summed E-state index contributed by atoms with van der Waals surface area (Å²) in [6, 6.07) is -0.206. The molecule has 6 fully saturated rings. The SMILES string of the molecule is CCN1CC2(COC)C(OC(C)=O)CC(OC)C34C5CC6(OC(C)=O)C(OC)CC(OC(C)=O)(C5C6OC(C)=O)C(C(OC)C23)C14. The van der Waals surface area contributed by atoms with Crippen LogP contribution in [0.4, 0.5) is 0 Å². The molecule has 7 bridgehead atoms. The Labute approximate surface area is 270 Å². The van der Waals surface area contributed by atoms with Gasteiger partial charge in [-0.15, -0.1) is 0 Å². The van der Waals surface area contributed by atoms with Gasteiger partial charge < -0.3 is 37.9 Å². The summed E-state index contributed by atoms with van der Waals surface area (Å²) in [5.74, 6) is -3.59. The highest BCUT2D eigenvalue weighted by molar-refractivity contribution is 5.70. The van der Waals surface area contributed by atoms with Gasteiger partial charge in [0.25, 0.3) is 0 Å². The lowest BCUT2D eigenvalue weighted by Crippen LogP contribution is -2.79. The summed E-state index contributed by atoms with van der Waals surface area (Å²) in [6.45, 7) is 9.05. The summed E-state index contributed by atoms with van der Waals surface area (Å²) in [6.07, 6.45) is -2.32. The lowest BCUT2D eigenvalue weighted by atomic mass is 9.42. The zero-order chi connectivity index (χ0) is 33.6. The smallest absolute Gasteiger partial charge is 0.303 e. The molecule has 14 atom stereocenters. The van der Waals surface area contributed by atoms with Crippen molar-refractivity contribution in [1.82, 2.24) is 4.90 Å². The molecule has 0 amide bonds. The number of carbonyl (C=O) groups excluding carboxylic acids is 4. The predicted molar refractivity (Wildman–Crippen MR) is 158 cm³/mol. The van der Waals surface area contributed by atoms with E-state index in [-0.39, 0.29) is 37.3 Å². The molecule has 5 aliphatic carbocycles. The fourth-order valence-corrected chi connectivity index (χ4v) is 12.4. The number of carbonyl (C=O) groups is 4. The minimum absolute atomic E-state index is 0.206. The maximum Gasteiger partial charge on any atom is 0.303 e. The van der Waals surface area contributed by atoms with Crippen molar-refractivity contribution in [3.63, 3.8) is 0 Å². The van der Waals surface area contributed by atoms with E-state index in [0.717, 1.165) is 0 Å². The third-order valence-corrected chi connectivity index (χ3v) is 12.7. The molecule has 5 saturated carbocycles. The zero-order valence-corrected chi connectivity index (χ0v) is 28.4. The Kier molecular flexibility index (Phi) is 8.31. The van der Waals surface area contributed by atoms with Crippen molar-refractivity contribution in [2.45, 2.75) is 102 Å². The molecule has 0 radical (unpaired) electrons. The monoisotopic (exact) mass is 651 g/mol. The van der Waals surface area contributed by atoms with E-state index in [9.17, 15) is 19.2 Å². The number of esters is 4. The number of nitrogens with zero attached hydrogens (tertiary/aromatic N) is 1. The predicted octanol–water partition coefficient (Wildman–Crippen LogP) is 1.53. The minimum atomic E-state index is -1.34. The molecule has 6 rings (SSSR count). The van der Waals surface area contributed by atoms with Crippen LogP contribution >= 0.6 is 0 Å². The van der Waals surface area contributed by atoms with E-state index in [4.69, 9.17) is 37.9 Å². The van der Waals surface area contributed by atoms with Gasteiger partial charge in [-0.05, 0) is 18.9 Å². The van der Waals surface area contributed by atoms with Crippen LogP contribution in [-0.4, -0.2) is 125 Å². The normalized spacial score (nSPS) is 48.0. The molecule has 46 heavy (non-hydrogen) atoms. The number of piperidine rings is 1. The lowest BCUT2D eigenvalue weighted by Gasteiger charge is -2.70. The average molecular weight is 652 g/mol. The van der Waals surface area contributed by atoms with Gasteiger partial charge in [-0.2, -0.15) is 0 Å². The first-order valence-corrected chi connectivity index (χ1v) is 16.3. The molecule has 258 valence electrons. The third kappa shape index (κ3) is 4.04. The minimum Gasteiger partial charge on any atom is -0.462 e. The van der Waals surface area contributed by atoms with Crippen molar-refractivity contribution in [1.29, 1.82) is 0 Å². The second-order valence-electron chi connectivity index (χ2n) is 14.3. The Hall–Kier alpha value is -2.32. The number of fused-ring (bicyclic) bond motifs is 2. The van der Waals surface area contributed by atoms with Crippen LogP contribution in [0.1, 0.15) is 53.9 Å². The van der Waals surface area contributed by atoms with Crippen LogP contribution < -0.4 is 0 Å². The topological polar surface area (TPSA) is 145 Å². The first-order valence-electron chi connectivity index (χ1n) is 16.3. The van der Waals surface area contributed by atoms with Crippen molar-refractivity contribution >= 4 is 23.9 Å². The number of hydrogen-bond acceptors (Lipinski definition) is 13. The van der Waals surface area contributed by atoms with Crippen molar-refractivity contribution in [3.8, 4) is 0 Å². The van der Waals surface area contributed by atoms with Gasteiger partial charge in [0, 0.05) is 110 Å². The molecule has 1 heterocycles. The number of likely N-dealkylation sites (tertiary alicyclic amines) is 1. The summed E-state index contributed by atoms with van der Waals surface area (Å²) in [7, 11) is 6.54. The fourth-order valence-electron chi connectivity index (χ4n) is 12.4. The Balaban J connectivity index is 1.71. The first kappa shape index (κ1) is 33.6. The molecule has 1 saturated heterocycles. The summed E-state index contributed by atoms with van der Waals surface area (Å²) >= 11 is 0. The molecule has 0 aromatic rings. The van der Waals surface area contributed by atoms with Crippen LogP contribution in [0.5, 0.6) is 0 Å². The summed E-state index contributed by atoms with van der Waals surface area (Å²) < 4.78 is 50.5. The second-order valence-corrected chi connectivity index (χ2v) is 14.3. The van der Waals surface area contributed by atoms with E-state index in [2.05, 4.69) is 11.8 Å². The Morgan fingerprint density at radius 2 is 1.37 bits per heavy atom. The second kappa shape index (κ2) is 11.4. The van der Waals surface area contributed by atoms with E-state index in [1.54, 1.807) is 21.3 Å². The van der Waals surface area contributed by atoms with Crippen LogP contribution in [0.3, 0.4) is 0 Å². The van der Waals surface area contributed by atoms with Crippen LogP contribution in [0, 0.1) is 34.5 Å². The third-order valence-electron chi connectivity index (χ3n) is 12.7. The number of methoxy groups -OCH3 is 4. The van der Waals surface area contributed by atoms with Crippen molar-refractivity contribution in [2.24, 2.45) is 34.5 Å². The van der Waals surface area contributed by atoms with Gasteiger partial charge in [0.05, 0.1) is 18.8 Å². The zero-order valence-electron chi connectivity index (χ0n) is 28.4. The maximum atomic E-state index is 13.2. The molecule has 0 N–H and O–H groups in total. The Morgan fingerprint density at radius 1 is 0.739 bits per heavy atom. The first-order chi connectivity index (χ1) is 21.8. The molecule has 0 aromatic carbocycles. The lowest BCUT2D eigenvalue weighted by molar-refractivity contribution is -0.303. The molecule has 1 spiro atoms. The van der Waals surface area contributed by atoms with Gasteiger partial charge in [0.1, 0.15) is 17.8 Å². The number of ether oxygens (including phenoxy) is 8. The number of rotatable bonds is 10. The van der Waals surface area contributed by atoms with Gasteiger partial charge >= 0.3 is 23.9 Å². The molecular formula is C33H49NO12. The molecule has 13 nitrogen and oxygen atoms in total. The van der Waals surface area contributed by atoms with Gasteiger partial charge in [0.2, 0.25) is 0 Å². The molecule has 1 aliphatic heterocycles. The molecule has 0 aromatic heterocycles. The Bertz CT molecular complexity index is 1280. The van der Waals surface area contributed by atoms with Crippen molar-refractivity contribution in [2.75, 3.05) is 48.1 Å². The van der Waals surface area contributed by atoms with E-state index < -0.39 is 88.3 Å². The van der Waals surface area contributed by atoms with Gasteiger partial charge in [-0.3, -0.25) is 24.1 Å². The molecule has 13 heteroatoms. The van der Waals surface area contributed by atoms with Crippen LogP contribution in [0.15, 0.2) is 0 Å². The van der Waals surface area contributed by atoms with Crippen molar-refractivity contribution in [3.05, 3.63) is 0 Å². The van der Waals surface area contributed by atoms with Crippen LogP contribution in [0.2, 0.25) is 0 Å². The maximum absolute atomic E-state index is 13.2. The molecule has 14 unspecified atom stereocenters. The van der Waals surface area contributed by atoms with Gasteiger partial charge in [0.15, 0.2) is 11.7 Å². The largest absolute Gasteiger partial charge is 0.462 e.